The largest absolute Gasteiger partial charge is 0.456 e. The second kappa shape index (κ2) is 4.99. The summed E-state index contributed by atoms with van der Waals surface area (Å²) in [5.41, 5.74) is 5.92. The molecule has 2 aromatic heterocycles. The number of fused-ring (bicyclic) bond motifs is 6. The average Bonchev–Trinajstić information content (AvgIpc) is 3.24. The van der Waals surface area contributed by atoms with Crippen molar-refractivity contribution in [3.8, 4) is 11.1 Å². The molecule has 2 heteroatoms. The quantitative estimate of drug-likeness (QED) is 0.319. The number of rotatable bonds is 1. The van der Waals surface area contributed by atoms with Crippen molar-refractivity contribution >= 4 is 43.9 Å². The van der Waals surface area contributed by atoms with Crippen molar-refractivity contribution in [2.24, 2.45) is 0 Å². The fraction of sp³-hybridized carbons (Fsp3) is 0. The molecule has 2 heterocycles. The van der Waals surface area contributed by atoms with E-state index in [0.29, 0.717) is 0 Å². The minimum atomic E-state index is 0.911. The van der Waals surface area contributed by atoms with Gasteiger partial charge >= 0.3 is 0 Å². The van der Waals surface area contributed by atoms with E-state index >= 15 is 0 Å². The molecule has 4 aromatic carbocycles. The van der Waals surface area contributed by atoms with Crippen LogP contribution in [0.2, 0.25) is 0 Å². The van der Waals surface area contributed by atoms with Gasteiger partial charge in [-0.25, -0.2) is 0 Å². The molecule has 2 nitrogen and oxygen atoms in total. The van der Waals surface area contributed by atoms with Crippen molar-refractivity contribution < 1.29 is 8.83 Å². The van der Waals surface area contributed by atoms with Crippen molar-refractivity contribution in [3.63, 3.8) is 0 Å². The summed E-state index contributed by atoms with van der Waals surface area (Å²) in [7, 11) is 0. The predicted octanol–water partition coefficient (Wildman–Crippen LogP) is 7.15. The first-order chi connectivity index (χ1) is 12.9. The van der Waals surface area contributed by atoms with Crippen LogP contribution in [0.5, 0.6) is 0 Å². The summed E-state index contributed by atoms with van der Waals surface area (Å²) in [6.07, 6.45) is 0. The molecule has 122 valence electrons. The van der Waals surface area contributed by atoms with Gasteiger partial charge in [0, 0.05) is 21.5 Å². The predicted molar refractivity (Wildman–Crippen MR) is 106 cm³/mol. The van der Waals surface area contributed by atoms with Gasteiger partial charge in [-0.2, -0.15) is 0 Å². The van der Waals surface area contributed by atoms with E-state index in [4.69, 9.17) is 8.83 Å². The summed E-state index contributed by atoms with van der Waals surface area (Å²) in [5.74, 6) is 0. The molecule has 0 aliphatic heterocycles. The molecule has 0 unspecified atom stereocenters. The van der Waals surface area contributed by atoms with Gasteiger partial charge in [-0.3, -0.25) is 0 Å². The van der Waals surface area contributed by atoms with E-state index in [1.54, 1.807) is 0 Å². The SMILES string of the molecule is c1ccc2c(c1)oc1cc(-c3ccc4c(c3)oc3ccccc34)ccc12. The minimum absolute atomic E-state index is 0.911. The minimum Gasteiger partial charge on any atom is -0.456 e. The molecule has 0 N–H and O–H groups in total. The third-order valence-electron chi connectivity index (χ3n) is 5.09. The molecule has 0 saturated carbocycles. The number of para-hydroxylation sites is 2. The van der Waals surface area contributed by atoms with E-state index in [2.05, 4.69) is 48.5 Å². The molecule has 6 aromatic rings. The highest BCUT2D eigenvalue weighted by molar-refractivity contribution is 6.07. The van der Waals surface area contributed by atoms with Crippen LogP contribution in [0.15, 0.2) is 93.8 Å². The standard InChI is InChI=1S/C24H14O2/c1-3-7-21-17(5-1)19-11-9-15(13-23(19)25-21)16-10-12-20-18-6-2-4-8-22(18)26-24(20)14-16/h1-14H. The molecule has 26 heavy (non-hydrogen) atoms. The van der Waals surface area contributed by atoms with Gasteiger partial charge in [0.25, 0.3) is 0 Å². The molecule has 0 aliphatic rings. The fourth-order valence-corrected chi connectivity index (χ4v) is 3.81. The maximum Gasteiger partial charge on any atom is 0.136 e. The second-order valence-corrected chi connectivity index (χ2v) is 6.62. The van der Waals surface area contributed by atoms with Gasteiger partial charge in [-0.05, 0) is 47.5 Å². The van der Waals surface area contributed by atoms with Gasteiger partial charge in [0.05, 0.1) is 0 Å². The Hall–Kier alpha value is -3.52. The van der Waals surface area contributed by atoms with Gasteiger partial charge in [0.1, 0.15) is 22.3 Å². The van der Waals surface area contributed by atoms with E-state index in [0.717, 1.165) is 55.0 Å². The first-order valence-corrected chi connectivity index (χ1v) is 8.70. The van der Waals surface area contributed by atoms with Crippen LogP contribution >= 0.6 is 0 Å². The van der Waals surface area contributed by atoms with E-state index < -0.39 is 0 Å². The lowest BCUT2D eigenvalue weighted by molar-refractivity contribution is 0.668. The van der Waals surface area contributed by atoms with Crippen LogP contribution in [0.3, 0.4) is 0 Å². The normalized spacial score (nSPS) is 11.8. The van der Waals surface area contributed by atoms with E-state index in [-0.39, 0.29) is 0 Å². The zero-order chi connectivity index (χ0) is 17.1. The number of hydrogen-bond donors (Lipinski definition) is 0. The monoisotopic (exact) mass is 334 g/mol. The second-order valence-electron chi connectivity index (χ2n) is 6.62. The van der Waals surface area contributed by atoms with Crippen LogP contribution in [0.4, 0.5) is 0 Å². The van der Waals surface area contributed by atoms with Crippen LogP contribution < -0.4 is 0 Å². The van der Waals surface area contributed by atoms with Crippen LogP contribution in [-0.4, -0.2) is 0 Å². The summed E-state index contributed by atoms with van der Waals surface area (Å²) >= 11 is 0. The Morgan fingerprint density at radius 3 is 1.31 bits per heavy atom. The van der Waals surface area contributed by atoms with Crippen LogP contribution in [0, 0.1) is 0 Å². The Morgan fingerprint density at radius 1 is 0.385 bits per heavy atom. The third kappa shape index (κ3) is 1.87. The average molecular weight is 334 g/mol. The molecular formula is C24H14O2. The van der Waals surface area contributed by atoms with Gasteiger partial charge in [-0.15, -0.1) is 0 Å². The molecule has 0 spiro atoms. The zero-order valence-electron chi connectivity index (χ0n) is 13.9. The van der Waals surface area contributed by atoms with Crippen molar-refractivity contribution in [1.82, 2.24) is 0 Å². The Labute approximate surface area is 149 Å². The molecule has 0 fully saturated rings. The van der Waals surface area contributed by atoms with E-state index in [1.807, 2.05) is 36.4 Å². The van der Waals surface area contributed by atoms with Crippen molar-refractivity contribution in [3.05, 3.63) is 84.9 Å². The highest BCUT2D eigenvalue weighted by Crippen LogP contribution is 2.35. The summed E-state index contributed by atoms with van der Waals surface area (Å²) in [4.78, 5) is 0. The summed E-state index contributed by atoms with van der Waals surface area (Å²) in [6.45, 7) is 0. The smallest absolute Gasteiger partial charge is 0.136 e. The maximum atomic E-state index is 6.03. The summed E-state index contributed by atoms with van der Waals surface area (Å²) < 4.78 is 12.1. The van der Waals surface area contributed by atoms with Gasteiger partial charge < -0.3 is 8.83 Å². The lowest BCUT2D eigenvalue weighted by Crippen LogP contribution is -1.77. The highest BCUT2D eigenvalue weighted by atomic mass is 16.3. The van der Waals surface area contributed by atoms with Crippen LogP contribution in [0.25, 0.3) is 55.0 Å². The topological polar surface area (TPSA) is 26.3 Å². The molecule has 6 rings (SSSR count). The van der Waals surface area contributed by atoms with Gasteiger partial charge in [-0.1, -0.05) is 48.5 Å². The van der Waals surface area contributed by atoms with Crippen molar-refractivity contribution in [2.45, 2.75) is 0 Å². The first kappa shape index (κ1) is 13.7. The molecule has 0 atom stereocenters. The summed E-state index contributed by atoms with van der Waals surface area (Å²) in [5, 5.41) is 4.60. The Bertz CT molecular complexity index is 1320. The fourth-order valence-electron chi connectivity index (χ4n) is 3.81. The van der Waals surface area contributed by atoms with Crippen LogP contribution in [-0.2, 0) is 0 Å². The Balaban J connectivity index is 1.57. The number of hydrogen-bond acceptors (Lipinski definition) is 2. The van der Waals surface area contributed by atoms with Gasteiger partial charge in [0.15, 0.2) is 0 Å². The number of furan rings is 2. The first-order valence-electron chi connectivity index (χ1n) is 8.70. The molecule has 0 saturated heterocycles. The maximum absolute atomic E-state index is 6.03. The lowest BCUT2D eigenvalue weighted by Gasteiger charge is -2.02. The van der Waals surface area contributed by atoms with Crippen molar-refractivity contribution in [1.29, 1.82) is 0 Å². The number of benzene rings is 4. The third-order valence-corrected chi connectivity index (χ3v) is 5.09. The van der Waals surface area contributed by atoms with Crippen LogP contribution in [0.1, 0.15) is 0 Å². The molecule has 0 amide bonds. The summed E-state index contributed by atoms with van der Waals surface area (Å²) in [6, 6.07) is 29.1. The zero-order valence-corrected chi connectivity index (χ0v) is 13.9. The lowest BCUT2D eigenvalue weighted by atomic mass is 10.0. The van der Waals surface area contributed by atoms with Gasteiger partial charge in [0.2, 0.25) is 0 Å². The Morgan fingerprint density at radius 2 is 0.808 bits per heavy atom. The Kier molecular flexibility index (Phi) is 2.64. The van der Waals surface area contributed by atoms with Crippen molar-refractivity contribution in [2.75, 3.05) is 0 Å². The highest BCUT2D eigenvalue weighted by Gasteiger charge is 2.10. The molecule has 0 bridgehead atoms. The van der Waals surface area contributed by atoms with E-state index in [9.17, 15) is 0 Å². The molecule has 0 radical (unpaired) electrons. The molecule has 0 aliphatic carbocycles. The molecular weight excluding hydrogens is 320 g/mol. The van der Waals surface area contributed by atoms with E-state index in [1.165, 1.54) is 0 Å².